The molecule has 2 rings (SSSR count). The van der Waals surface area contributed by atoms with Crippen LogP contribution < -0.4 is 0 Å². The van der Waals surface area contributed by atoms with Crippen molar-refractivity contribution in [3.8, 4) is 0 Å². The van der Waals surface area contributed by atoms with Gasteiger partial charge in [-0.3, -0.25) is 0 Å². The van der Waals surface area contributed by atoms with Crippen LogP contribution in [0.5, 0.6) is 0 Å². The van der Waals surface area contributed by atoms with E-state index >= 15 is 0 Å². The first-order valence-corrected chi connectivity index (χ1v) is 9.02. The molecule has 0 N–H and O–H groups in total. The standard InChI is InChI=1S/C8H12Cl2F3O2P/c9-16(10,6-3-1-2-4-6)14-5-7(15-16)8(11,12)13/h6-7H,1-5H2. The van der Waals surface area contributed by atoms with E-state index in [2.05, 4.69) is 0 Å². The van der Waals surface area contributed by atoms with Crippen LogP contribution in [0.2, 0.25) is 0 Å². The van der Waals surface area contributed by atoms with Gasteiger partial charge in [-0.05, 0) is 0 Å². The van der Waals surface area contributed by atoms with Crippen LogP contribution in [0.15, 0.2) is 0 Å². The van der Waals surface area contributed by atoms with E-state index in [0.29, 0.717) is 12.8 Å². The van der Waals surface area contributed by atoms with Crippen molar-refractivity contribution >= 4 is 28.2 Å². The van der Waals surface area contributed by atoms with Gasteiger partial charge in [0.25, 0.3) is 0 Å². The van der Waals surface area contributed by atoms with Crippen molar-refractivity contribution in [2.24, 2.45) is 0 Å². The van der Waals surface area contributed by atoms with Gasteiger partial charge >= 0.3 is 101 Å². The molecule has 1 atom stereocenters. The van der Waals surface area contributed by atoms with Crippen LogP contribution in [0, 0.1) is 0 Å². The molecule has 0 radical (unpaired) electrons. The summed E-state index contributed by atoms with van der Waals surface area (Å²) in [5.41, 5.74) is -0.276. The molecule has 0 aromatic carbocycles. The molecular formula is C8H12Cl2F3O2P. The zero-order chi connectivity index (χ0) is 12.1. The molecule has 16 heavy (non-hydrogen) atoms. The summed E-state index contributed by atoms with van der Waals surface area (Å²) in [7, 11) is 0. The van der Waals surface area contributed by atoms with Crippen LogP contribution in [0.25, 0.3) is 0 Å². The van der Waals surface area contributed by atoms with Crippen LogP contribution in [0.4, 0.5) is 13.2 Å². The molecular weight excluding hydrogens is 287 g/mol. The summed E-state index contributed by atoms with van der Waals surface area (Å²) in [6.45, 7) is -0.592. The van der Waals surface area contributed by atoms with E-state index in [1.807, 2.05) is 0 Å². The second-order valence-corrected chi connectivity index (χ2v) is 11.4. The minimum absolute atomic E-state index is 0.276. The number of hydrogen-bond donors (Lipinski definition) is 0. The van der Waals surface area contributed by atoms with Gasteiger partial charge in [0.2, 0.25) is 0 Å². The first-order chi connectivity index (χ1) is 7.21. The van der Waals surface area contributed by atoms with Gasteiger partial charge in [0.1, 0.15) is 0 Å². The average molecular weight is 299 g/mol. The molecule has 1 saturated heterocycles. The predicted molar refractivity (Wildman–Crippen MR) is 57.8 cm³/mol. The molecule has 96 valence electrons. The Balaban J connectivity index is 2.15. The van der Waals surface area contributed by atoms with Crippen LogP contribution in [0.3, 0.4) is 0 Å². The van der Waals surface area contributed by atoms with E-state index in [1.165, 1.54) is 0 Å². The van der Waals surface area contributed by atoms with Crippen molar-refractivity contribution in [1.29, 1.82) is 0 Å². The second kappa shape index (κ2) is 3.86. The summed E-state index contributed by atoms with van der Waals surface area (Å²) in [4.78, 5) is 0. The van der Waals surface area contributed by atoms with Crippen molar-refractivity contribution in [2.45, 2.75) is 43.6 Å². The summed E-state index contributed by atoms with van der Waals surface area (Å²) < 4.78 is 47.3. The van der Waals surface area contributed by atoms with E-state index in [-0.39, 0.29) is 5.66 Å². The minimum atomic E-state index is -4.47. The molecule has 0 aromatic heterocycles. The normalized spacial score (nSPS) is 37.1. The quantitative estimate of drug-likeness (QED) is 0.659. The van der Waals surface area contributed by atoms with Crippen LogP contribution >= 0.6 is 28.2 Å². The average Bonchev–Trinajstić information content (AvgIpc) is 2.71. The molecule has 1 unspecified atom stereocenters. The molecule has 0 spiro atoms. The van der Waals surface area contributed by atoms with E-state index in [1.54, 1.807) is 0 Å². The zero-order valence-electron chi connectivity index (χ0n) is 8.34. The fourth-order valence-corrected chi connectivity index (χ4v) is 6.86. The molecule has 0 bridgehead atoms. The molecule has 2 nitrogen and oxygen atoms in total. The molecule has 1 aliphatic carbocycles. The fraction of sp³-hybridized carbons (Fsp3) is 1.00. The van der Waals surface area contributed by atoms with Gasteiger partial charge in [-0.2, -0.15) is 0 Å². The van der Waals surface area contributed by atoms with Crippen molar-refractivity contribution in [3.63, 3.8) is 0 Å². The number of rotatable bonds is 1. The molecule has 0 amide bonds. The predicted octanol–water partition coefficient (Wildman–Crippen LogP) is 4.60. The maximum absolute atomic E-state index is 12.5. The number of halogens is 5. The first-order valence-electron chi connectivity index (χ1n) is 5.07. The Morgan fingerprint density at radius 2 is 1.69 bits per heavy atom. The van der Waals surface area contributed by atoms with Gasteiger partial charge in [0.15, 0.2) is 0 Å². The summed E-state index contributed by atoms with van der Waals surface area (Å²) in [5, 5.41) is 0. The van der Waals surface area contributed by atoms with Crippen molar-refractivity contribution < 1.29 is 22.2 Å². The summed E-state index contributed by atoms with van der Waals surface area (Å²) in [5.74, 6) is -4.08. The number of alkyl halides is 3. The van der Waals surface area contributed by atoms with Crippen LogP contribution in [0.1, 0.15) is 25.7 Å². The molecule has 8 heteroatoms. The molecule has 2 aliphatic rings. The Labute approximate surface area is 101 Å². The summed E-state index contributed by atoms with van der Waals surface area (Å²) in [6.07, 6.45) is -3.29. The molecule has 1 aliphatic heterocycles. The van der Waals surface area contributed by atoms with Gasteiger partial charge in [-0.25, -0.2) is 0 Å². The molecule has 2 fully saturated rings. The van der Waals surface area contributed by atoms with Crippen LogP contribution in [-0.2, 0) is 9.05 Å². The SMILES string of the molecule is FC(F)(F)C1COP(Cl)(Cl)(C2CCCC2)O1. The molecule has 0 aromatic rings. The maximum atomic E-state index is 12.5. The Hall–Kier alpha value is 0.720. The molecule has 1 heterocycles. The first kappa shape index (κ1) is 13.2. The Bertz CT molecular complexity index is 291. The van der Waals surface area contributed by atoms with Gasteiger partial charge in [-0.1, -0.05) is 0 Å². The van der Waals surface area contributed by atoms with Crippen molar-refractivity contribution in [3.05, 3.63) is 0 Å². The van der Waals surface area contributed by atoms with Gasteiger partial charge in [0.05, 0.1) is 0 Å². The van der Waals surface area contributed by atoms with Crippen LogP contribution in [-0.4, -0.2) is 24.5 Å². The third-order valence-electron chi connectivity index (χ3n) is 3.03. The fourth-order valence-electron chi connectivity index (χ4n) is 2.14. The Morgan fingerprint density at radius 1 is 1.12 bits per heavy atom. The van der Waals surface area contributed by atoms with Gasteiger partial charge in [0, 0.05) is 0 Å². The Morgan fingerprint density at radius 3 is 2.12 bits per heavy atom. The van der Waals surface area contributed by atoms with Crippen molar-refractivity contribution in [1.82, 2.24) is 0 Å². The summed E-state index contributed by atoms with van der Waals surface area (Å²) >= 11 is 12.2. The Kier molecular flexibility index (Phi) is 3.17. The second-order valence-electron chi connectivity index (χ2n) is 4.19. The van der Waals surface area contributed by atoms with E-state index in [9.17, 15) is 13.2 Å². The third-order valence-corrected chi connectivity index (χ3v) is 8.63. The van der Waals surface area contributed by atoms with Gasteiger partial charge < -0.3 is 0 Å². The van der Waals surface area contributed by atoms with E-state index in [0.717, 1.165) is 12.8 Å². The zero-order valence-corrected chi connectivity index (χ0v) is 10.8. The van der Waals surface area contributed by atoms with Gasteiger partial charge in [-0.15, -0.1) is 0 Å². The third kappa shape index (κ3) is 2.30. The number of hydrogen-bond acceptors (Lipinski definition) is 2. The van der Waals surface area contributed by atoms with E-state index in [4.69, 9.17) is 31.5 Å². The monoisotopic (exact) mass is 298 g/mol. The van der Waals surface area contributed by atoms with Crippen molar-refractivity contribution in [2.75, 3.05) is 6.61 Å². The summed E-state index contributed by atoms with van der Waals surface area (Å²) in [6, 6.07) is 0. The van der Waals surface area contributed by atoms with E-state index < -0.39 is 24.6 Å². The molecule has 1 saturated carbocycles. The topological polar surface area (TPSA) is 18.5 Å².